The van der Waals surface area contributed by atoms with Crippen molar-refractivity contribution < 1.29 is 0 Å². The number of fused-ring (bicyclic) bond motifs is 1. The fourth-order valence-corrected chi connectivity index (χ4v) is 3.89. The van der Waals surface area contributed by atoms with Crippen molar-refractivity contribution in [2.75, 3.05) is 13.1 Å². The summed E-state index contributed by atoms with van der Waals surface area (Å²) in [6, 6.07) is 9.57. The first-order valence-corrected chi connectivity index (χ1v) is 7.99. The molecule has 4 rings (SSSR count). The summed E-state index contributed by atoms with van der Waals surface area (Å²) < 4.78 is 0. The zero-order valence-corrected chi connectivity index (χ0v) is 12.5. The van der Waals surface area contributed by atoms with E-state index in [2.05, 4.69) is 44.3 Å². The summed E-state index contributed by atoms with van der Waals surface area (Å²) in [5, 5.41) is 7.36. The van der Waals surface area contributed by atoms with Crippen LogP contribution in [0.4, 0.5) is 0 Å². The van der Waals surface area contributed by atoms with Crippen molar-refractivity contribution in [3.8, 4) is 0 Å². The number of hydrogen-bond acceptors (Lipinski definition) is 3. The van der Waals surface area contributed by atoms with E-state index in [0.29, 0.717) is 12.0 Å². The van der Waals surface area contributed by atoms with Crippen LogP contribution >= 0.6 is 0 Å². The number of likely N-dealkylation sites (tertiary alicyclic amines) is 1. The van der Waals surface area contributed by atoms with Gasteiger partial charge in [-0.05, 0) is 50.3 Å². The van der Waals surface area contributed by atoms with Gasteiger partial charge in [-0.15, -0.1) is 0 Å². The van der Waals surface area contributed by atoms with Crippen LogP contribution in [-0.4, -0.2) is 39.2 Å². The van der Waals surface area contributed by atoms with Crippen LogP contribution in [0.3, 0.4) is 0 Å². The summed E-state index contributed by atoms with van der Waals surface area (Å²) in [6.45, 7) is 4.30. The first-order valence-electron chi connectivity index (χ1n) is 7.99. The van der Waals surface area contributed by atoms with Crippen molar-refractivity contribution in [2.45, 2.75) is 44.6 Å². The molecular formula is C17H22N4. The van der Waals surface area contributed by atoms with Crippen LogP contribution in [0, 0.1) is 6.92 Å². The van der Waals surface area contributed by atoms with E-state index >= 15 is 0 Å². The van der Waals surface area contributed by atoms with E-state index in [9.17, 15) is 0 Å². The van der Waals surface area contributed by atoms with Crippen molar-refractivity contribution in [3.05, 3.63) is 47.0 Å². The molecule has 0 spiro atoms. The molecule has 21 heavy (non-hydrogen) atoms. The number of aromatic amines is 1. The van der Waals surface area contributed by atoms with Crippen molar-refractivity contribution in [1.29, 1.82) is 0 Å². The number of hydrogen-bond donors (Lipinski definition) is 1. The molecule has 1 aliphatic heterocycles. The highest BCUT2D eigenvalue weighted by Crippen LogP contribution is 2.31. The summed E-state index contributed by atoms with van der Waals surface area (Å²) in [7, 11) is 0. The normalized spacial score (nSPS) is 23.4. The van der Waals surface area contributed by atoms with Crippen LogP contribution < -0.4 is 0 Å². The van der Waals surface area contributed by atoms with Crippen molar-refractivity contribution in [2.24, 2.45) is 0 Å². The second kappa shape index (κ2) is 5.26. The smallest absolute Gasteiger partial charge is 0.155 e. The molecule has 0 bridgehead atoms. The predicted octanol–water partition coefficient (Wildman–Crippen LogP) is 2.46. The molecule has 1 atom stereocenters. The Labute approximate surface area is 125 Å². The molecule has 0 radical (unpaired) electrons. The number of nitrogens with zero attached hydrogens (tertiary/aromatic N) is 3. The number of nitrogens with one attached hydrogen (secondary N) is 1. The molecule has 2 heterocycles. The Kier molecular flexibility index (Phi) is 3.26. The second-order valence-corrected chi connectivity index (χ2v) is 6.44. The van der Waals surface area contributed by atoms with Gasteiger partial charge in [-0.1, -0.05) is 24.3 Å². The molecule has 1 saturated heterocycles. The third-order valence-electron chi connectivity index (χ3n) is 4.98. The maximum atomic E-state index is 4.54. The average Bonchev–Trinajstić information content (AvgIpc) is 3.13. The van der Waals surface area contributed by atoms with Crippen LogP contribution in [0.15, 0.2) is 24.3 Å². The van der Waals surface area contributed by atoms with Gasteiger partial charge in [-0.25, -0.2) is 4.98 Å². The third-order valence-corrected chi connectivity index (χ3v) is 4.98. The van der Waals surface area contributed by atoms with Gasteiger partial charge < -0.3 is 0 Å². The Bertz CT molecular complexity index is 608. The Hall–Kier alpha value is -1.68. The fraction of sp³-hybridized carbons (Fsp3) is 0.529. The Morgan fingerprint density at radius 2 is 1.95 bits per heavy atom. The lowest BCUT2D eigenvalue weighted by atomic mass is 9.95. The highest BCUT2D eigenvalue weighted by molar-refractivity contribution is 5.33. The van der Waals surface area contributed by atoms with Crippen LogP contribution in [0.25, 0.3) is 0 Å². The maximum absolute atomic E-state index is 4.54. The van der Waals surface area contributed by atoms with E-state index in [1.54, 1.807) is 11.1 Å². The van der Waals surface area contributed by atoms with Gasteiger partial charge in [0.15, 0.2) is 5.82 Å². The summed E-state index contributed by atoms with van der Waals surface area (Å²) in [5.74, 6) is 2.43. The van der Waals surface area contributed by atoms with Crippen LogP contribution in [0.1, 0.15) is 41.5 Å². The standard InChI is InChI=1S/C17H22N4/c1-12-18-17(20-19-12)15-7-4-8-21(11-15)16-9-13-5-2-3-6-14(13)10-16/h2-3,5-6,15-16H,4,7-11H2,1H3,(H,18,19,20)/t15-/m0/s1. The summed E-state index contributed by atoms with van der Waals surface area (Å²) in [5.41, 5.74) is 3.08. The molecule has 4 nitrogen and oxygen atoms in total. The van der Waals surface area contributed by atoms with E-state index in [0.717, 1.165) is 18.2 Å². The van der Waals surface area contributed by atoms with Crippen molar-refractivity contribution >= 4 is 0 Å². The number of piperidine rings is 1. The van der Waals surface area contributed by atoms with Crippen molar-refractivity contribution in [3.63, 3.8) is 0 Å². The lowest BCUT2D eigenvalue weighted by Gasteiger charge is -2.35. The number of rotatable bonds is 2. The van der Waals surface area contributed by atoms with Gasteiger partial charge in [-0.2, -0.15) is 5.10 Å². The van der Waals surface area contributed by atoms with Gasteiger partial charge >= 0.3 is 0 Å². The topological polar surface area (TPSA) is 44.8 Å². The number of benzene rings is 1. The largest absolute Gasteiger partial charge is 0.299 e. The highest BCUT2D eigenvalue weighted by atomic mass is 15.2. The van der Waals surface area contributed by atoms with E-state index in [4.69, 9.17) is 0 Å². The Balaban J connectivity index is 1.47. The number of aromatic nitrogens is 3. The zero-order chi connectivity index (χ0) is 14.2. The minimum Gasteiger partial charge on any atom is -0.299 e. The zero-order valence-electron chi connectivity index (χ0n) is 12.5. The molecule has 1 aromatic carbocycles. The number of aryl methyl sites for hydroxylation is 1. The fourth-order valence-electron chi connectivity index (χ4n) is 3.89. The maximum Gasteiger partial charge on any atom is 0.155 e. The van der Waals surface area contributed by atoms with E-state index in [1.807, 2.05) is 6.92 Å². The monoisotopic (exact) mass is 282 g/mol. The quantitative estimate of drug-likeness (QED) is 0.920. The lowest BCUT2D eigenvalue weighted by molar-refractivity contribution is 0.149. The average molecular weight is 282 g/mol. The molecule has 2 aliphatic rings. The third kappa shape index (κ3) is 2.48. The molecule has 0 saturated carbocycles. The minimum atomic E-state index is 0.493. The molecule has 0 amide bonds. The SMILES string of the molecule is Cc1nc([C@H]2CCCN(C3Cc4ccccc4C3)C2)n[nH]1. The van der Waals surface area contributed by atoms with Crippen LogP contribution in [0.2, 0.25) is 0 Å². The molecule has 1 aromatic heterocycles. The van der Waals surface area contributed by atoms with Gasteiger partial charge in [0.1, 0.15) is 5.82 Å². The van der Waals surface area contributed by atoms with E-state index in [1.165, 1.54) is 32.2 Å². The number of H-pyrrole nitrogens is 1. The molecule has 1 N–H and O–H groups in total. The lowest BCUT2D eigenvalue weighted by Crippen LogP contribution is -2.42. The second-order valence-electron chi connectivity index (χ2n) is 6.44. The first kappa shape index (κ1) is 13.0. The molecule has 0 unspecified atom stereocenters. The molecule has 2 aromatic rings. The minimum absolute atomic E-state index is 0.493. The van der Waals surface area contributed by atoms with Gasteiger partial charge in [0, 0.05) is 18.5 Å². The summed E-state index contributed by atoms with van der Waals surface area (Å²) in [6.07, 6.45) is 4.88. The Morgan fingerprint density at radius 3 is 2.62 bits per heavy atom. The van der Waals surface area contributed by atoms with Gasteiger partial charge in [0.05, 0.1) is 0 Å². The summed E-state index contributed by atoms with van der Waals surface area (Å²) in [4.78, 5) is 7.21. The molecular weight excluding hydrogens is 260 g/mol. The van der Waals surface area contributed by atoms with Gasteiger partial charge in [0.25, 0.3) is 0 Å². The van der Waals surface area contributed by atoms with Crippen molar-refractivity contribution in [1.82, 2.24) is 20.1 Å². The molecule has 1 fully saturated rings. The molecule has 4 heteroatoms. The van der Waals surface area contributed by atoms with E-state index in [-0.39, 0.29) is 0 Å². The van der Waals surface area contributed by atoms with Gasteiger partial charge in [0.2, 0.25) is 0 Å². The van der Waals surface area contributed by atoms with Crippen LogP contribution in [-0.2, 0) is 12.8 Å². The summed E-state index contributed by atoms with van der Waals surface area (Å²) >= 11 is 0. The predicted molar refractivity (Wildman–Crippen MR) is 82.3 cm³/mol. The Morgan fingerprint density at radius 1 is 1.19 bits per heavy atom. The molecule has 1 aliphatic carbocycles. The molecule has 110 valence electrons. The van der Waals surface area contributed by atoms with E-state index < -0.39 is 0 Å². The van der Waals surface area contributed by atoms with Crippen LogP contribution in [0.5, 0.6) is 0 Å². The first-order chi connectivity index (χ1) is 10.3. The van der Waals surface area contributed by atoms with Gasteiger partial charge in [-0.3, -0.25) is 10.00 Å². The highest BCUT2D eigenvalue weighted by Gasteiger charge is 2.31.